The molecule has 0 bridgehead atoms. The van der Waals surface area contributed by atoms with Gasteiger partial charge in [0.05, 0.1) is 12.2 Å². The Morgan fingerprint density at radius 3 is 2.95 bits per heavy atom. The monoisotopic (exact) mass is 298 g/mol. The lowest BCUT2D eigenvalue weighted by Gasteiger charge is -2.17. The number of ether oxygens (including phenoxy) is 1. The molecule has 0 unspecified atom stereocenters. The van der Waals surface area contributed by atoms with Crippen LogP contribution >= 0.6 is 11.3 Å². The maximum Gasteiger partial charge on any atom is 0.338 e. The van der Waals surface area contributed by atoms with E-state index in [4.69, 9.17) is 9.84 Å². The van der Waals surface area contributed by atoms with Gasteiger partial charge < -0.3 is 14.7 Å². The van der Waals surface area contributed by atoms with Crippen LogP contribution in [0.1, 0.15) is 23.2 Å². The Balaban J connectivity index is 1.74. The molecule has 0 saturated heterocycles. The summed E-state index contributed by atoms with van der Waals surface area (Å²) in [6.07, 6.45) is 2.49. The number of hydrogen-bond acceptors (Lipinski definition) is 4. The Bertz CT molecular complexity index is 484. The van der Waals surface area contributed by atoms with Crippen LogP contribution in [0, 0.1) is 5.92 Å². The van der Waals surface area contributed by atoms with Crippen molar-refractivity contribution in [1.29, 1.82) is 0 Å². The molecule has 0 spiro atoms. The molecule has 0 atom stereocenters. The number of carbonyl (C=O) groups is 2. The first-order valence-corrected chi connectivity index (χ1v) is 7.36. The zero-order valence-corrected chi connectivity index (χ0v) is 12.1. The molecule has 1 aliphatic rings. The van der Waals surface area contributed by atoms with E-state index in [9.17, 15) is 9.59 Å². The molecule has 1 saturated carbocycles. The number of urea groups is 1. The van der Waals surface area contributed by atoms with Gasteiger partial charge in [-0.3, -0.25) is 5.32 Å². The normalized spacial score (nSPS) is 14.1. The van der Waals surface area contributed by atoms with Crippen molar-refractivity contribution in [2.45, 2.75) is 12.8 Å². The SMILES string of the molecule is CN(CCOCC1CC1)C(=O)Nc1sccc1C(=O)O. The summed E-state index contributed by atoms with van der Waals surface area (Å²) in [6, 6.07) is 1.14. The molecule has 0 aromatic carbocycles. The van der Waals surface area contributed by atoms with Gasteiger partial charge in [-0.15, -0.1) is 11.3 Å². The van der Waals surface area contributed by atoms with Gasteiger partial charge in [-0.2, -0.15) is 0 Å². The number of hydrogen-bond donors (Lipinski definition) is 2. The van der Waals surface area contributed by atoms with Crippen molar-refractivity contribution >= 4 is 28.3 Å². The molecule has 2 N–H and O–H groups in total. The third-order valence-electron chi connectivity index (χ3n) is 3.08. The van der Waals surface area contributed by atoms with E-state index >= 15 is 0 Å². The van der Waals surface area contributed by atoms with E-state index in [1.807, 2.05) is 0 Å². The zero-order valence-electron chi connectivity index (χ0n) is 11.3. The van der Waals surface area contributed by atoms with Crippen molar-refractivity contribution in [2.75, 3.05) is 32.1 Å². The van der Waals surface area contributed by atoms with E-state index in [0.29, 0.717) is 24.1 Å². The summed E-state index contributed by atoms with van der Waals surface area (Å²) in [5, 5.41) is 13.6. The first-order chi connectivity index (χ1) is 9.58. The molecular formula is C13H18N2O4S. The molecule has 2 amide bonds. The molecule has 1 aliphatic carbocycles. The fourth-order valence-corrected chi connectivity index (χ4v) is 2.37. The summed E-state index contributed by atoms with van der Waals surface area (Å²) in [4.78, 5) is 24.3. The van der Waals surface area contributed by atoms with E-state index in [1.165, 1.54) is 35.1 Å². The van der Waals surface area contributed by atoms with Crippen LogP contribution in [-0.2, 0) is 4.74 Å². The van der Waals surface area contributed by atoms with Gasteiger partial charge in [-0.05, 0) is 30.2 Å². The van der Waals surface area contributed by atoms with Crippen LogP contribution in [0.15, 0.2) is 11.4 Å². The van der Waals surface area contributed by atoms with Gasteiger partial charge in [0.15, 0.2) is 0 Å². The second-order valence-electron chi connectivity index (χ2n) is 4.84. The van der Waals surface area contributed by atoms with Crippen molar-refractivity contribution in [3.05, 3.63) is 17.0 Å². The quantitative estimate of drug-likeness (QED) is 0.757. The lowest BCUT2D eigenvalue weighted by atomic mass is 10.3. The average Bonchev–Trinajstić information content (AvgIpc) is 3.11. The summed E-state index contributed by atoms with van der Waals surface area (Å²) in [7, 11) is 1.66. The minimum Gasteiger partial charge on any atom is -0.478 e. The Labute approximate surface area is 121 Å². The number of carboxylic acid groups (broad SMARTS) is 1. The second kappa shape index (κ2) is 6.71. The maximum absolute atomic E-state index is 11.9. The lowest BCUT2D eigenvalue weighted by molar-refractivity contribution is 0.0698. The number of nitrogens with one attached hydrogen (secondary N) is 1. The van der Waals surface area contributed by atoms with Gasteiger partial charge in [0.1, 0.15) is 5.00 Å². The van der Waals surface area contributed by atoms with Crippen molar-refractivity contribution < 1.29 is 19.4 Å². The van der Waals surface area contributed by atoms with E-state index in [2.05, 4.69) is 5.32 Å². The van der Waals surface area contributed by atoms with Crippen LogP contribution in [0.3, 0.4) is 0 Å². The van der Waals surface area contributed by atoms with Crippen LogP contribution < -0.4 is 5.32 Å². The topological polar surface area (TPSA) is 78.9 Å². The molecular weight excluding hydrogens is 280 g/mol. The minimum absolute atomic E-state index is 0.113. The van der Waals surface area contributed by atoms with Crippen molar-refractivity contribution in [1.82, 2.24) is 4.90 Å². The predicted octanol–water partition coefficient (Wildman–Crippen LogP) is 2.34. The standard InChI is InChI=1S/C13H18N2O4S/c1-15(5-6-19-8-9-2-3-9)13(18)14-11-10(12(16)17)4-7-20-11/h4,7,9H,2-3,5-6,8H2,1H3,(H,14,18)(H,16,17). The van der Waals surface area contributed by atoms with Crippen molar-refractivity contribution in [3.8, 4) is 0 Å². The third-order valence-corrected chi connectivity index (χ3v) is 3.91. The van der Waals surface area contributed by atoms with E-state index in [0.717, 1.165) is 6.61 Å². The molecule has 1 aromatic rings. The van der Waals surface area contributed by atoms with Crippen molar-refractivity contribution in [3.63, 3.8) is 0 Å². The highest BCUT2D eigenvalue weighted by atomic mass is 32.1. The van der Waals surface area contributed by atoms with E-state index in [-0.39, 0.29) is 11.6 Å². The third kappa shape index (κ3) is 4.21. The Morgan fingerprint density at radius 2 is 2.30 bits per heavy atom. The number of aromatic carboxylic acids is 1. The second-order valence-corrected chi connectivity index (χ2v) is 5.75. The summed E-state index contributed by atoms with van der Waals surface area (Å²) in [5.74, 6) is -0.338. The number of carbonyl (C=O) groups excluding carboxylic acids is 1. The van der Waals surface area contributed by atoms with Gasteiger partial charge in [0.25, 0.3) is 0 Å². The zero-order chi connectivity index (χ0) is 14.5. The maximum atomic E-state index is 11.9. The lowest BCUT2D eigenvalue weighted by Crippen LogP contribution is -2.34. The van der Waals surface area contributed by atoms with Crippen LogP contribution in [0.25, 0.3) is 0 Å². The number of thiophene rings is 1. The average molecular weight is 298 g/mol. The smallest absolute Gasteiger partial charge is 0.338 e. The van der Waals surface area contributed by atoms with Gasteiger partial charge in [-0.25, -0.2) is 9.59 Å². The fourth-order valence-electron chi connectivity index (χ4n) is 1.60. The molecule has 1 aromatic heterocycles. The predicted molar refractivity (Wildman–Crippen MR) is 76.5 cm³/mol. The van der Waals surface area contributed by atoms with Gasteiger partial charge in [0, 0.05) is 20.2 Å². The summed E-state index contributed by atoms with van der Waals surface area (Å²) < 4.78 is 5.46. The summed E-state index contributed by atoms with van der Waals surface area (Å²) >= 11 is 1.19. The molecule has 0 aliphatic heterocycles. The van der Waals surface area contributed by atoms with E-state index in [1.54, 1.807) is 12.4 Å². The Hall–Kier alpha value is -1.60. The largest absolute Gasteiger partial charge is 0.478 e. The van der Waals surface area contributed by atoms with Gasteiger partial charge in [0.2, 0.25) is 0 Å². The first kappa shape index (κ1) is 14.8. The molecule has 1 fully saturated rings. The molecule has 110 valence electrons. The van der Waals surface area contributed by atoms with Crippen LogP contribution in [0.4, 0.5) is 9.80 Å². The van der Waals surface area contributed by atoms with Crippen LogP contribution in [-0.4, -0.2) is 48.8 Å². The van der Waals surface area contributed by atoms with Crippen LogP contribution in [0.5, 0.6) is 0 Å². The highest BCUT2D eigenvalue weighted by molar-refractivity contribution is 7.14. The fraction of sp³-hybridized carbons (Fsp3) is 0.538. The minimum atomic E-state index is -1.04. The van der Waals surface area contributed by atoms with Gasteiger partial charge >= 0.3 is 12.0 Å². The highest BCUT2D eigenvalue weighted by Gasteiger charge is 2.21. The van der Waals surface area contributed by atoms with Crippen LogP contribution in [0.2, 0.25) is 0 Å². The Morgan fingerprint density at radius 1 is 1.55 bits per heavy atom. The van der Waals surface area contributed by atoms with E-state index < -0.39 is 5.97 Å². The molecule has 7 heteroatoms. The number of amides is 2. The molecule has 2 rings (SSSR count). The number of anilines is 1. The Kier molecular flexibility index (Phi) is 4.97. The molecule has 6 nitrogen and oxygen atoms in total. The summed E-state index contributed by atoms with van der Waals surface area (Å²) in [5.41, 5.74) is 0.113. The highest BCUT2D eigenvalue weighted by Crippen LogP contribution is 2.28. The molecule has 1 heterocycles. The molecule has 0 radical (unpaired) electrons. The number of nitrogens with zero attached hydrogens (tertiary/aromatic N) is 1. The first-order valence-electron chi connectivity index (χ1n) is 6.48. The number of carboxylic acids is 1. The number of rotatable bonds is 7. The van der Waals surface area contributed by atoms with Gasteiger partial charge in [-0.1, -0.05) is 0 Å². The summed E-state index contributed by atoms with van der Waals surface area (Å²) in [6.45, 7) is 1.74. The molecule has 20 heavy (non-hydrogen) atoms. The van der Waals surface area contributed by atoms with Crippen molar-refractivity contribution in [2.24, 2.45) is 5.92 Å². The number of likely N-dealkylation sites (N-methyl/N-ethyl adjacent to an activating group) is 1.